The molecule has 28 heavy (non-hydrogen) atoms. The maximum Gasteiger partial charge on any atom is 0.348 e. The lowest BCUT2D eigenvalue weighted by molar-refractivity contribution is -0.138. The first kappa shape index (κ1) is 21.0. The number of aromatic hydroxyl groups is 2. The fourth-order valence-corrected chi connectivity index (χ4v) is 2.70. The van der Waals surface area contributed by atoms with Gasteiger partial charge in [-0.25, -0.2) is 9.78 Å². The molecule has 2 N–H and O–H groups in total. The van der Waals surface area contributed by atoms with Crippen molar-refractivity contribution in [3.8, 4) is 17.6 Å². The van der Waals surface area contributed by atoms with E-state index < -0.39 is 5.97 Å². The molecule has 2 rings (SSSR count). The van der Waals surface area contributed by atoms with Gasteiger partial charge < -0.3 is 19.5 Å². The Morgan fingerprint density at radius 3 is 2.57 bits per heavy atom. The Hall–Kier alpha value is -3.27. The molecule has 0 saturated heterocycles. The van der Waals surface area contributed by atoms with Gasteiger partial charge in [-0.1, -0.05) is 31.7 Å². The first-order valence-corrected chi connectivity index (χ1v) is 9.37. The predicted molar refractivity (Wildman–Crippen MR) is 104 cm³/mol. The maximum absolute atomic E-state index is 12.0. The van der Waals surface area contributed by atoms with Crippen molar-refractivity contribution in [2.75, 3.05) is 6.61 Å². The second-order valence-corrected chi connectivity index (χ2v) is 6.48. The van der Waals surface area contributed by atoms with E-state index in [2.05, 4.69) is 9.55 Å². The summed E-state index contributed by atoms with van der Waals surface area (Å²) in [5, 5.41) is 27.9. The smallest absolute Gasteiger partial charge is 0.348 e. The number of rotatable bonds is 11. The summed E-state index contributed by atoms with van der Waals surface area (Å²) in [6, 6.07) is 5.86. The molecule has 0 aliphatic rings. The summed E-state index contributed by atoms with van der Waals surface area (Å²) in [5.74, 6) is -1.26. The number of carbonyl (C=O) groups excluding carboxylic acids is 1. The van der Waals surface area contributed by atoms with E-state index in [1.807, 2.05) is 18.6 Å². The van der Waals surface area contributed by atoms with Gasteiger partial charge in [0.2, 0.25) is 0 Å². The fourth-order valence-electron chi connectivity index (χ4n) is 2.70. The highest BCUT2D eigenvalue weighted by Gasteiger charge is 2.11. The number of phenolic OH excluding ortho intramolecular Hbond substituents is 2. The van der Waals surface area contributed by atoms with Crippen LogP contribution in [0.3, 0.4) is 0 Å². The molecule has 7 heteroatoms. The van der Waals surface area contributed by atoms with Crippen LogP contribution in [0.1, 0.15) is 44.1 Å². The molecule has 1 aromatic carbocycles. The van der Waals surface area contributed by atoms with E-state index in [0.29, 0.717) is 5.56 Å². The van der Waals surface area contributed by atoms with Gasteiger partial charge in [0, 0.05) is 18.9 Å². The minimum absolute atomic E-state index is 0.149. The van der Waals surface area contributed by atoms with E-state index in [9.17, 15) is 15.0 Å². The van der Waals surface area contributed by atoms with Gasteiger partial charge in [0.25, 0.3) is 0 Å². The monoisotopic (exact) mass is 383 g/mol. The number of phenols is 2. The van der Waals surface area contributed by atoms with Crippen molar-refractivity contribution in [3.05, 3.63) is 48.1 Å². The molecule has 0 amide bonds. The zero-order chi connectivity index (χ0) is 20.2. The lowest BCUT2D eigenvalue weighted by Gasteiger charge is -2.05. The fraction of sp³-hybridized carbons (Fsp3) is 0.381. The molecule has 2 aromatic rings. The van der Waals surface area contributed by atoms with E-state index in [4.69, 9.17) is 10.00 Å². The summed E-state index contributed by atoms with van der Waals surface area (Å²) in [6.07, 6.45) is 13.1. The molecule has 0 aliphatic carbocycles. The number of carbonyl (C=O) groups is 1. The summed E-state index contributed by atoms with van der Waals surface area (Å²) < 4.78 is 7.21. The average Bonchev–Trinajstić information content (AvgIpc) is 3.20. The second-order valence-electron chi connectivity index (χ2n) is 6.48. The van der Waals surface area contributed by atoms with Gasteiger partial charge >= 0.3 is 5.97 Å². The zero-order valence-corrected chi connectivity index (χ0v) is 15.8. The van der Waals surface area contributed by atoms with Crippen molar-refractivity contribution < 1.29 is 19.7 Å². The first-order valence-electron chi connectivity index (χ1n) is 9.37. The quantitative estimate of drug-likeness (QED) is 0.201. The normalized spacial score (nSPS) is 11.2. The number of unbranched alkanes of at least 4 members (excludes halogenated alkanes) is 5. The lowest BCUT2D eigenvalue weighted by Crippen LogP contribution is -2.08. The van der Waals surface area contributed by atoms with Gasteiger partial charge in [-0.05, 0) is 36.6 Å². The van der Waals surface area contributed by atoms with Crippen LogP contribution < -0.4 is 0 Å². The second kappa shape index (κ2) is 11.4. The molecule has 0 aliphatic heterocycles. The Balaban J connectivity index is 1.60. The number of esters is 1. The minimum Gasteiger partial charge on any atom is -0.504 e. The highest BCUT2D eigenvalue weighted by molar-refractivity contribution is 5.97. The Morgan fingerprint density at radius 1 is 1.14 bits per heavy atom. The van der Waals surface area contributed by atoms with Crippen molar-refractivity contribution in [3.63, 3.8) is 0 Å². The van der Waals surface area contributed by atoms with Crippen molar-refractivity contribution in [2.24, 2.45) is 0 Å². The highest BCUT2D eigenvalue weighted by atomic mass is 16.5. The number of hydrogen-bond acceptors (Lipinski definition) is 6. The number of ether oxygens (including phenoxy) is 1. The summed E-state index contributed by atoms with van der Waals surface area (Å²) >= 11 is 0. The van der Waals surface area contributed by atoms with E-state index in [0.717, 1.165) is 45.1 Å². The molecular weight excluding hydrogens is 358 g/mol. The predicted octanol–water partition coefficient (Wildman–Crippen LogP) is 3.79. The maximum atomic E-state index is 12.0. The number of aromatic nitrogens is 2. The molecular formula is C21H25N3O4. The molecule has 0 fully saturated rings. The molecule has 7 nitrogen and oxygen atoms in total. The third kappa shape index (κ3) is 7.16. The van der Waals surface area contributed by atoms with Gasteiger partial charge in [-0.2, -0.15) is 5.26 Å². The first-order chi connectivity index (χ1) is 13.6. The van der Waals surface area contributed by atoms with E-state index in [1.165, 1.54) is 24.3 Å². The van der Waals surface area contributed by atoms with Crippen LogP contribution >= 0.6 is 0 Å². The Kier molecular flexibility index (Phi) is 8.60. The molecule has 1 heterocycles. The van der Waals surface area contributed by atoms with Gasteiger partial charge in [0.1, 0.15) is 11.6 Å². The Morgan fingerprint density at radius 2 is 1.89 bits per heavy atom. The summed E-state index contributed by atoms with van der Waals surface area (Å²) in [7, 11) is 0. The molecule has 148 valence electrons. The lowest BCUT2D eigenvalue weighted by atomic mass is 10.1. The number of nitriles is 1. The average molecular weight is 383 g/mol. The molecule has 0 spiro atoms. The van der Waals surface area contributed by atoms with Crippen LogP contribution in [-0.4, -0.2) is 32.3 Å². The topological polar surface area (TPSA) is 108 Å². The number of nitrogens with zero attached hydrogens (tertiary/aromatic N) is 3. The molecule has 0 unspecified atom stereocenters. The standard InChI is InChI=1S/C21H25N3O4/c22-15-18(13-17-7-8-19(25)20(26)14-17)21(27)28-12-6-4-2-1-3-5-10-24-11-9-23-16-24/h7-9,11,13-14,16,25-26H,1-6,10,12H2. The molecule has 0 radical (unpaired) electrons. The van der Waals surface area contributed by atoms with E-state index in [-0.39, 0.29) is 23.7 Å². The van der Waals surface area contributed by atoms with Crippen LogP contribution in [0, 0.1) is 11.3 Å². The number of hydrogen-bond donors (Lipinski definition) is 2. The summed E-state index contributed by atoms with van der Waals surface area (Å²) in [5.41, 5.74) is 0.282. The van der Waals surface area contributed by atoms with Crippen molar-refractivity contribution in [1.82, 2.24) is 9.55 Å². The van der Waals surface area contributed by atoms with Crippen molar-refractivity contribution >= 4 is 12.0 Å². The third-order valence-electron chi connectivity index (χ3n) is 4.25. The van der Waals surface area contributed by atoms with Crippen LogP contribution in [0.15, 0.2) is 42.5 Å². The number of benzene rings is 1. The van der Waals surface area contributed by atoms with Gasteiger partial charge in [0.05, 0.1) is 12.9 Å². The van der Waals surface area contributed by atoms with Crippen LogP contribution in [0.2, 0.25) is 0 Å². The van der Waals surface area contributed by atoms with Gasteiger partial charge in [-0.3, -0.25) is 0 Å². The van der Waals surface area contributed by atoms with Crippen LogP contribution in [0.25, 0.3) is 6.08 Å². The summed E-state index contributed by atoms with van der Waals surface area (Å²) in [4.78, 5) is 16.0. The minimum atomic E-state index is -0.685. The van der Waals surface area contributed by atoms with Gasteiger partial charge in [-0.15, -0.1) is 0 Å². The largest absolute Gasteiger partial charge is 0.504 e. The highest BCUT2D eigenvalue weighted by Crippen LogP contribution is 2.26. The van der Waals surface area contributed by atoms with Crippen molar-refractivity contribution in [1.29, 1.82) is 5.26 Å². The molecule has 1 aromatic heterocycles. The van der Waals surface area contributed by atoms with Gasteiger partial charge in [0.15, 0.2) is 11.5 Å². The van der Waals surface area contributed by atoms with Crippen LogP contribution in [-0.2, 0) is 16.1 Å². The molecule has 0 bridgehead atoms. The Labute approximate surface area is 164 Å². The van der Waals surface area contributed by atoms with Crippen LogP contribution in [0.4, 0.5) is 0 Å². The SMILES string of the molecule is N#CC(=Cc1ccc(O)c(O)c1)C(=O)OCCCCCCCCn1ccnc1. The van der Waals surface area contributed by atoms with Crippen molar-refractivity contribution in [2.45, 2.75) is 45.1 Å². The molecule has 0 atom stereocenters. The zero-order valence-electron chi connectivity index (χ0n) is 15.8. The number of imidazole rings is 1. The van der Waals surface area contributed by atoms with E-state index in [1.54, 1.807) is 6.20 Å². The number of aryl methyl sites for hydroxylation is 1. The summed E-state index contributed by atoms with van der Waals surface area (Å²) in [6.45, 7) is 1.26. The molecule has 0 saturated carbocycles. The third-order valence-corrected chi connectivity index (χ3v) is 4.25. The van der Waals surface area contributed by atoms with Crippen LogP contribution in [0.5, 0.6) is 11.5 Å². The van der Waals surface area contributed by atoms with E-state index >= 15 is 0 Å². The Bertz CT molecular complexity index is 823.